The summed E-state index contributed by atoms with van der Waals surface area (Å²) in [6.07, 6.45) is 5.23. The lowest BCUT2D eigenvalue weighted by Crippen LogP contribution is -2.39. The highest BCUT2D eigenvalue weighted by Gasteiger charge is 2.38. The largest absolute Gasteiger partial charge is 0.492 e. The van der Waals surface area contributed by atoms with Gasteiger partial charge in [0.1, 0.15) is 5.75 Å². The molecule has 0 aromatic carbocycles. The molecule has 0 bridgehead atoms. The average molecular weight is 492 g/mol. The Morgan fingerprint density at radius 3 is 2.43 bits per heavy atom. The van der Waals surface area contributed by atoms with Crippen LogP contribution in [0.5, 0.6) is 5.75 Å². The first-order valence-electron chi connectivity index (χ1n) is 12.3. The molecule has 6 nitrogen and oxygen atoms in total. The van der Waals surface area contributed by atoms with Gasteiger partial charge in [-0.2, -0.15) is 13.2 Å². The number of aromatic nitrogens is 2. The molecule has 1 saturated carbocycles. The fourth-order valence-electron chi connectivity index (χ4n) is 5.46. The van der Waals surface area contributed by atoms with Crippen LogP contribution in [0.1, 0.15) is 62.6 Å². The van der Waals surface area contributed by atoms with Crippen LogP contribution in [0.3, 0.4) is 0 Å². The van der Waals surface area contributed by atoms with Crippen LogP contribution < -0.4 is 9.64 Å². The van der Waals surface area contributed by atoms with Gasteiger partial charge in [0.05, 0.1) is 30.6 Å². The van der Waals surface area contributed by atoms with E-state index in [9.17, 15) is 23.1 Å². The Bertz CT molecular complexity index is 1020. The third-order valence-electron chi connectivity index (χ3n) is 7.38. The summed E-state index contributed by atoms with van der Waals surface area (Å²) in [4.78, 5) is 22.9. The van der Waals surface area contributed by atoms with Crippen molar-refractivity contribution < 1.29 is 27.8 Å². The number of carboxylic acid groups (broad SMARTS) is 1. The number of aryl methyl sites for hydroxylation is 1. The van der Waals surface area contributed by atoms with E-state index >= 15 is 0 Å². The number of carbonyl (C=O) groups is 1. The maximum absolute atomic E-state index is 12.3. The topological polar surface area (TPSA) is 75.6 Å². The number of anilines is 1. The monoisotopic (exact) mass is 491 g/mol. The first kappa shape index (κ1) is 25.3. The van der Waals surface area contributed by atoms with Crippen LogP contribution >= 0.6 is 0 Å². The minimum atomic E-state index is -4.19. The van der Waals surface area contributed by atoms with Gasteiger partial charge in [-0.3, -0.25) is 14.8 Å². The van der Waals surface area contributed by atoms with E-state index in [2.05, 4.69) is 14.9 Å². The second kappa shape index (κ2) is 10.4. The lowest BCUT2D eigenvalue weighted by atomic mass is 9.77. The molecule has 2 aromatic heterocycles. The number of hydrogen-bond donors (Lipinski definition) is 1. The molecule has 0 atom stereocenters. The van der Waals surface area contributed by atoms with Crippen molar-refractivity contribution >= 4 is 11.7 Å². The van der Waals surface area contributed by atoms with Gasteiger partial charge in [-0.25, -0.2) is 0 Å². The highest BCUT2D eigenvalue weighted by atomic mass is 19.4. The Kier molecular flexibility index (Phi) is 7.52. The lowest BCUT2D eigenvalue weighted by Gasteiger charge is -2.41. The summed E-state index contributed by atoms with van der Waals surface area (Å²) in [5.41, 5.74) is 4.08. The standard InChI is InChI=1S/C26H32F3N3O3/c1-18-20(15-23(33)34)24(32-12-10-25(11-13-32)7-2-3-8-25)21(17-30-18)22-6-5-19(16-31-22)35-14-4-9-26(27,28)29/h5-6,16-17H,2-4,7-15H2,1H3,(H,33,34). The number of nitrogens with zero attached hydrogens (tertiary/aromatic N) is 3. The van der Waals surface area contributed by atoms with Crippen molar-refractivity contribution in [2.75, 3.05) is 24.6 Å². The molecule has 1 N–H and O–H groups in total. The van der Waals surface area contributed by atoms with Gasteiger partial charge >= 0.3 is 12.1 Å². The molecule has 35 heavy (non-hydrogen) atoms. The van der Waals surface area contributed by atoms with E-state index in [-0.39, 0.29) is 19.4 Å². The number of hydrogen-bond acceptors (Lipinski definition) is 5. The summed E-state index contributed by atoms with van der Waals surface area (Å²) in [7, 11) is 0. The van der Waals surface area contributed by atoms with Crippen LogP contribution in [0.15, 0.2) is 24.5 Å². The van der Waals surface area contributed by atoms with Crippen molar-refractivity contribution in [3.63, 3.8) is 0 Å². The first-order valence-corrected chi connectivity index (χ1v) is 12.3. The van der Waals surface area contributed by atoms with E-state index in [1.807, 2.05) is 6.92 Å². The number of halogens is 3. The summed E-state index contributed by atoms with van der Waals surface area (Å²) >= 11 is 0. The molecule has 1 spiro atoms. The summed E-state index contributed by atoms with van der Waals surface area (Å²) in [6.45, 7) is 3.52. The second-order valence-corrected chi connectivity index (χ2v) is 9.80. The zero-order valence-corrected chi connectivity index (χ0v) is 20.0. The van der Waals surface area contributed by atoms with E-state index in [4.69, 9.17) is 4.74 Å². The first-order chi connectivity index (χ1) is 16.7. The number of rotatable bonds is 8. The van der Waals surface area contributed by atoms with Crippen LogP contribution in [0.2, 0.25) is 0 Å². The third-order valence-corrected chi connectivity index (χ3v) is 7.38. The zero-order valence-electron chi connectivity index (χ0n) is 20.0. The van der Waals surface area contributed by atoms with E-state index in [1.165, 1.54) is 31.9 Å². The number of ether oxygens (including phenoxy) is 1. The Hall–Kier alpha value is -2.84. The van der Waals surface area contributed by atoms with Crippen LogP contribution in [0.25, 0.3) is 11.3 Å². The van der Waals surface area contributed by atoms with Crippen molar-refractivity contribution in [1.82, 2.24) is 9.97 Å². The minimum Gasteiger partial charge on any atom is -0.492 e. The predicted octanol–water partition coefficient (Wildman–Crippen LogP) is 5.96. The maximum atomic E-state index is 12.3. The molecule has 9 heteroatoms. The molecular formula is C26H32F3N3O3. The van der Waals surface area contributed by atoms with Gasteiger partial charge in [0, 0.05) is 42.5 Å². The van der Waals surface area contributed by atoms with Crippen LogP contribution in [-0.2, 0) is 11.2 Å². The minimum absolute atomic E-state index is 0.0455. The smallest absolute Gasteiger partial charge is 0.389 e. The molecule has 0 amide bonds. The van der Waals surface area contributed by atoms with Crippen LogP contribution in [0, 0.1) is 12.3 Å². The molecule has 1 aliphatic carbocycles. The van der Waals surface area contributed by atoms with Crippen molar-refractivity contribution in [2.45, 2.75) is 70.9 Å². The Balaban J connectivity index is 1.57. The Morgan fingerprint density at radius 1 is 1.11 bits per heavy atom. The maximum Gasteiger partial charge on any atom is 0.389 e. The Labute approximate surface area is 203 Å². The molecule has 2 fully saturated rings. The van der Waals surface area contributed by atoms with E-state index in [0.717, 1.165) is 37.2 Å². The predicted molar refractivity (Wildman–Crippen MR) is 127 cm³/mol. The van der Waals surface area contributed by atoms with Gasteiger partial charge in [-0.05, 0) is 56.6 Å². The fourth-order valence-corrected chi connectivity index (χ4v) is 5.46. The van der Waals surface area contributed by atoms with E-state index in [1.54, 1.807) is 18.3 Å². The normalized spacial score (nSPS) is 17.7. The third kappa shape index (κ3) is 6.24. The van der Waals surface area contributed by atoms with Crippen molar-refractivity contribution in [2.24, 2.45) is 5.41 Å². The van der Waals surface area contributed by atoms with Crippen molar-refractivity contribution in [3.8, 4) is 17.0 Å². The Morgan fingerprint density at radius 2 is 1.83 bits per heavy atom. The second-order valence-electron chi connectivity index (χ2n) is 9.80. The lowest BCUT2D eigenvalue weighted by molar-refractivity contribution is -0.137. The highest BCUT2D eigenvalue weighted by Crippen LogP contribution is 2.48. The molecule has 1 saturated heterocycles. The number of alkyl halides is 3. The SMILES string of the molecule is Cc1ncc(-c2ccc(OCCCC(F)(F)F)cn2)c(N2CCC3(CCCC3)CC2)c1CC(=O)O. The number of piperidine rings is 1. The number of aliphatic carboxylic acids is 1. The van der Waals surface area contributed by atoms with Gasteiger partial charge in [0.15, 0.2) is 0 Å². The van der Waals surface area contributed by atoms with Gasteiger partial charge in [0.25, 0.3) is 0 Å². The summed E-state index contributed by atoms with van der Waals surface area (Å²) in [5, 5.41) is 9.58. The molecule has 1 aliphatic heterocycles. The summed E-state index contributed by atoms with van der Waals surface area (Å²) in [6, 6.07) is 3.43. The molecule has 2 aliphatic rings. The van der Waals surface area contributed by atoms with Crippen LogP contribution in [-0.4, -0.2) is 46.9 Å². The summed E-state index contributed by atoms with van der Waals surface area (Å²) < 4.78 is 42.4. The highest BCUT2D eigenvalue weighted by molar-refractivity contribution is 5.83. The zero-order chi connectivity index (χ0) is 25.1. The van der Waals surface area contributed by atoms with Crippen LogP contribution in [0.4, 0.5) is 18.9 Å². The molecule has 190 valence electrons. The van der Waals surface area contributed by atoms with E-state index < -0.39 is 18.6 Å². The number of pyridine rings is 2. The molecule has 3 heterocycles. The van der Waals surface area contributed by atoms with Gasteiger partial charge in [-0.15, -0.1) is 0 Å². The van der Waals surface area contributed by atoms with Gasteiger partial charge in [-0.1, -0.05) is 12.8 Å². The average Bonchev–Trinajstić information content (AvgIpc) is 3.26. The van der Waals surface area contributed by atoms with Gasteiger partial charge in [0.2, 0.25) is 0 Å². The fraction of sp³-hybridized carbons (Fsp3) is 0.577. The van der Waals surface area contributed by atoms with Gasteiger partial charge < -0.3 is 14.7 Å². The van der Waals surface area contributed by atoms with Crippen molar-refractivity contribution in [3.05, 3.63) is 35.8 Å². The molecule has 0 radical (unpaired) electrons. The van der Waals surface area contributed by atoms with Crippen molar-refractivity contribution in [1.29, 1.82) is 0 Å². The number of carboxylic acids is 1. The summed E-state index contributed by atoms with van der Waals surface area (Å²) in [5.74, 6) is -0.516. The molecule has 0 unspecified atom stereocenters. The quantitative estimate of drug-likeness (QED) is 0.459. The van der Waals surface area contributed by atoms with E-state index in [0.29, 0.717) is 28.1 Å². The molecule has 2 aromatic rings. The molecular weight excluding hydrogens is 459 g/mol. The molecule has 4 rings (SSSR count).